The summed E-state index contributed by atoms with van der Waals surface area (Å²) in [5.41, 5.74) is 2.63. The van der Waals surface area contributed by atoms with E-state index in [0.717, 1.165) is 63.6 Å². The fourth-order valence-electron chi connectivity index (χ4n) is 7.93. The highest BCUT2D eigenvalue weighted by molar-refractivity contribution is 7.93. The average Bonchev–Trinajstić information content (AvgIpc) is 4.01. The Kier molecular flexibility index (Phi) is 14.7. The average molecular weight is 946 g/mol. The third kappa shape index (κ3) is 10.8. The quantitative estimate of drug-likeness (QED) is 0.121. The second-order valence-corrected chi connectivity index (χ2v) is 19.8. The molecule has 2 heterocycles. The third-order valence-corrected chi connectivity index (χ3v) is 15.1. The summed E-state index contributed by atoms with van der Waals surface area (Å²) in [7, 11) is -8.31. The molecule has 64 heavy (non-hydrogen) atoms. The molecular formula is C48H44Cl2F2N4O6S2. The van der Waals surface area contributed by atoms with Crippen molar-refractivity contribution in [1.29, 1.82) is 0 Å². The Labute approximate surface area is 382 Å². The third-order valence-electron chi connectivity index (χ3n) is 11.1. The van der Waals surface area contributed by atoms with Crippen molar-refractivity contribution in [2.24, 2.45) is 0 Å². The number of amides is 2. The van der Waals surface area contributed by atoms with Crippen molar-refractivity contribution >= 4 is 66.4 Å². The number of benzene rings is 6. The van der Waals surface area contributed by atoms with Crippen LogP contribution >= 0.6 is 23.2 Å². The maximum Gasteiger partial charge on any atom is 0.264 e. The number of rotatable bonds is 12. The molecule has 2 aliphatic rings. The van der Waals surface area contributed by atoms with Crippen LogP contribution in [-0.2, 0) is 29.6 Å². The number of nitrogens with zero attached hydrogens (tertiary/aromatic N) is 4. The van der Waals surface area contributed by atoms with E-state index in [1.165, 1.54) is 42.5 Å². The number of halogens is 4. The summed E-state index contributed by atoms with van der Waals surface area (Å²) < 4.78 is 83.0. The van der Waals surface area contributed by atoms with Crippen LogP contribution in [0.25, 0.3) is 0 Å². The van der Waals surface area contributed by atoms with E-state index in [1.54, 1.807) is 46.2 Å². The van der Waals surface area contributed by atoms with Gasteiger partial charge in [0.05, 0.1) is 33.2 Å². The van der Waals surface area contributed by atoms with Gasteiger partial charge in [0.1, 0.15) is 24.7 Å². The summed E-state index contributed by atoms with van der Waals surface area (Å²) in [6.45, 7) is 0.338. The number of sulfonamides is 2. The summed E-state index contributed by atoms with van der Waals surface area (Å²) in [4.78, 5) is 29.8. The molecule has 2 aliphatic heterocycles. The Balaban J connectivity index is 0.000000191. The standard InChI is InChI=1S/2C24H22ClFN2O3S/c25-19-11-13-21(14-12-19)28(32(30,31)22-9-4-8-20(26)16-22)17-24(29)27-15-5-10-23(27)18-6-2-1-3-7-18;25-19-8-12-21(13-9-19)28(32(30,31)22-14-10-20(26)11-15-22)17-24(29)27-16-4-7-23(27)18-5-2-1-3-6-18/h1-4,6-9,11-14,16,23H,5,10,15,17H2;1-3,5-6,8-15,23H,4,7,16-17H2. The van der Waals surface area contributed by atoms with Crippen molar-refractivity contribution in [2.75, 3.05) is 34.8 Å². The van der Waals surface area contributed by atoms with Gasteiger partial charge in [0, 0.05) is 23.1 Å². The van der Waals surface area contributed by atoms with Gasteiger partial charge < -0.3 is 9.80 Å². The zero-order valence-electron chi connectivity index (χ0n) is 34.4. The number of carbonyl (C=O) groups excluding carboxylic acids is 2. The van der Waals surface area contributed by atoms with Gasteiger partial charge in [0.15, 0.2) is 0 Å². The Morgan fingerprint density at radius 1 is 0.516 bits per heavy atom. The molecule has 0 saturated carbocycles. The Bertz CT molecular complexity index is 2770. The largest absolute Gasteiger partial charge is 0.334 e. The van der Waals surface area contributed by atoms with Crippen LogP contribution in [0.2, 0.25) is 10.0 Å². The normalized spacial score (nSPS) is 16.2. The first-order valence-corrected chi connectivity index (χ1v) is 24.1. The summed E-state index contributed by atoms with van der Waals surface area (Å²) in [6.07, 6.45) is 3.31. The lowest BCUT2D eigenvalue weighted by Gasteiger charge is -2.30. The highest BCUT2D eigenvalue weighted by atomic mass is 35.5. The first-order chi connectivity index (χ1) is 30.7. The summed E-state index contributed by atoms with van der Waals surface area (Å²) in [6, 6.07) is 41.0. The van der Waals surface area contributed by atoms with Crippen molar-refractivity contribution in [3.8, 4) is 0 Å². The second kappa shape index (κ2) is 20.4. The van der Waals surface area contributed by atoms with Gasteiger partial charge in [-0.1, -0.05) is 89.9 Å². The van der Waals surface area contributed by atoms with Crippen molar-refractivity contribution < 1.29 is 35.2 Å². The van der Waals surface area contributed by atoms with Crippen LogP contribution in [0.5, 0.6) is 0 Å². The van der Waals surface area contributed by atoms with Crippen LogP contribution < -0.4 is 8.61 Å². The monoisotopic (exact) mass is 944 g/mol. The zero-order chi connectivity index (χ0) is 45.4. The molecular weight excluding hydrogens is 902 g/mol. The molecule has 16 heteroatoms. The molecule has 2 amide bonds. The van der Waals surface area contributed by atoms with Gasteiger partial charge >= 0.3 is 0 Å². The summed E-state index contributed by atoms with van der Waals surface area (Å²) in [5, 5.41) is 0.884. The van der Waals surface area contributed by atoms with Crippen molar-refractivity contribution in [3.63, 3.8) is 0 Å². The lowest BCUT2D eigenvalue weighted by molar-refractivity contribution is -0.131. The molecule has 8 rings (SSSR count). The number of hydrogen-bond donors (Lipinski definition) is 0. The minimum Gasteiger partial charge on any atom is -0.334 e. The van der Waals surface area contributed by atoms with Crippen LogP contribution in [0.4, 0.5) is 20.2 Å². The van der Waals surface area contributed by atoms with E-state index < -0.39 is 38.2 Å². The molecule has 6 aromatic carbocycles. The SMILES string of the molecule is O=C(CN(c1ccc(Cl)cc1)S(=O)(=O)c1ccc(F)cc1)N1CCCC1c1ccccc1.O=C(CN(c1ccc(Cl)cc1)S(=O)(=O)c1cccc(F)c1)N1CCCC1c1ccccc1. The van der Waals surface area contributed by atoms with Crippen LogP contribution in [0.15, 0.2) is 168 Å². The molecule has 2 unspecified atom stereocenters. The molecule has 2 saturated heterocycles. The zero-order valence-corrected chi connectivity index (χ0v) is 37.5. The van der Waals surface area contributed by atoms with Gasteiger partial charge in [0.2, 0.25) is 11.8 Å². The van der Waals surface area contributed by atoms with E-state index in [-0.39, 0.29) is 45.9 Å². The first-order valence-electron chi connectivity index (χ1n) is 20.5. The van der Waals surface area contributed by atoms with E-state index in [9.17, 15) is 35.2 Å². The number of anilines is 2. The minimum absolute atomic E-state index is 0.0932. The lowest BCUT2D eigenvalue weighted by atomic mass is 10.0. The van der Waals surface area contributed by atoms with Gasteiger partial charge in [0.25, 0.3) is 20.0 Å². The van der Waals surface area contributed by atoms with Crippen LogP contribution in [0.3, 0.4) is 0 Å². The summed E-state index contributed by atoms with van der Waals surface area (Å²) in [5.74, 6) is -1.82. The molecule has 0 aromatic heterocycles. The Morgan fingerprint density at radius 3 is 1.36 bits per heavy atom. The van der Waals surface area contributed by atoms with E-state index >= 15 is 0 Å². The molecule has 0 aliphatic carbocycles. The molecule has 0 radical (unpaired) electrons. The minimum atomic E-state index is -4.19. The van der Waals surface area contributed by atoms with Crippen LogP contribution in [0, 0.1) is 11.6 Å². The molecule has 0 bridgehead atoms. The molecule has 10 nitrogen and oxygen atoms in total. The van der Waals surface area contributed by atoms with E-state index in [1.807, 2.05) is 60.7 Å². The van der Waals surface area contributed by atoms with Crippen molar-refractivity contribution in [3.05, 3.63) is 191 Å². The van der Waals surface area contributed by atoms with E-state index in [2.05, 4.69) is 0 Å². The highest BCUT2D eigenvalue weighted by Gasteiger charge is 2.36. The predicted molar refractivity (Wildman–Crippen MR) is 245 cm³/mol. The fraction of sp³-hybridized carbons (Fsp3) is 0.208. The Morgan fingerprint density at radius 2 is 0.938 bits per heavy atom. The van der Waals surface area contributed by atoms with Crippen molar-refractivity contribution in [2.45, 2.75) is 47.6 Å². The number of carbonyl (C=O) groups is 2. The molecule has 0 spiro atoms. The number of likely N-dealkylation sites (tertiary alicyclic amines) is 2. The van der Waals surface area contributed by atoms with E-state index in [4.69, 9.17) is 23.2 Å². The maximum absolute atomic E-state index is 13.8. The number of hydrogen-bond acceptors (Lipinski definition) is 6. The van der Waals surface area contributed by atoms with Gasteiger partial charge in [-0.3, -0.25) is 18.2 Å². The topological polar surface area (TPSA) is 115 Å². The predicted octanol–water partition coefficient (Wildman–Crippen LogP) is 10.1. The summed E-state index contributed by atoms with van der Waals surface area (Å²) >= 11 is 11.9. The molecule has 6 aromatic rings. The molecule has 0 N–H and O–H groups in total. The molecule has 2 fully saturated rings. The maximum atomic E-state index is 13.8. The van der Waals surface area contributed by atoms with Crippen LogP contribution in [0.1, 0.15) is 48.9 Å². The van der Waals surface area contributed by atoms with Gasteiger partial charge in [-0.2, -0.15) is 0 Å². The second-order valence-electron chi connectivity index (χ2n) is 15.2. The van der Waals surface area contributed by atoms with Crippen LogP contribution in [-0.4, -0.2) is 64.6 Å². The molecule has 332 valence electrons. The van der Waals surface area contributed by atoms with Crippen molar-refractivity contribution in [1.82, 2.24) is 9.80 Å². The fourth-order valence-corrected chi connectivity index (χ4v) is 11.0. The van der Waals surface area contributed by atoms with Gasteiger partial charge in [-0.15, -0.1) is 0 Å². The Hall–Kier alpha value is -5.80. The highest BCUT2D eigenvalue weighted by Crippen LogP contribution is 2.35. The molecule has 2 atom stereocenters. The van der Waals surface area contributed by atoms with Gasteiger partial charge in [-0.25, -0.2) is 25.6 Å². The van der Waals surface area contributed by atoms with Gasteiger partial charge in [-0.05, 0) is 128 Å². The smallest absolute Gasteiger partial charge is 0.264 e. The van der Waals surface area contributed by atoms with E-state index in [0.29, 0.717) is 28.8 Å². The lowest BCUT2D eigenvalue weighted by Crippen LogP contribution is -2.42. The first kappa shape index (κ1) is 46.2.